The first-order chi connectivity index (χ1) is 14.8. The monoisotopic (exact) mass is 447 g/mol. The minimum Gasteiger partial charge on any atom is -0.497 e. The Morgan fingerprint density at radius 2 is 1.84 bits per heavy atom. The van der Waals surface area contributed by atoms with Crippen LogP contribution in [-0.2, 0) is 26.2 Å². The highest BCUT2D eigenvalue weighted by atomic mass is 32.2. The molecule has 0 saturated heterocycles. The average molecular weight is 447 g/mol. The molecule has 0 aliphatic rings. The number of carbonyl (C=O) groups excluding carboxylic acids is 1. The van der Waals surface area contributed by atoms with Gasteiger partial charge < -0.3 is 18.7 Å². The predicted molar refractivity (Wildman–Crippen MR) is 109 cm³/mol. The van der Waals surface area contributed by atoms with Crippen molar-refractivity contribution in [2.45, 2.75) is 18.4 Å². The van der Waals surface area contributed by atoms with Gasteiger partial charge in [0.05, 0.1) is 24.7 Å². The first-order valence-electron chi connectivity index (χ1n) is 9.09. The minimum atomic E-state index is -3.83. The Morgan fingerprint density at radius 3 is 2.52 bits per heavy atom. The number of hydrogen-bond donors (Lipinski definition) is 1. The summed E-state index contributed by atoms with van der Waals surface area (Å²) in [5.41, 5.74) is 1.49. The lowest BCUT2D eigenvalue weighted by Gasteiger charge is -2.07. The first-order valence-corrected chi connectivity index (χ1v) is 10.6. The number of hydrogen-bond acceptors (Lipinski definition) is 9. The molecule has 1 N–H and O–H groups in total. The zero-order valence-corrected chi connectivity index (χ0v) is 17.9. The summed E-state index contributed by atoms with van der Waals surface area (Å²) in [4.78, 5) is 16.1. The average Bonchev–Trinajstić information content (AvgIpc) is 3.25. The molecule has 3 aromatic rings. The number of nitrogens with one attached hydrogen (secondary N) is 1. The number of sulfonamides is 1. The summed E-state index contributed by atoms with van der Waals surface area (Å²) in [6.45, 7) is 0.995. The van der Waals surface area contributed by atoms with Crippen molar-refractivity contribution in [1.29, 1.82) is 0 Å². The zero-order chi connectivity index (χ0) is 22.4. The quantitative estimate of drug-likeness (QED) is 0.490. The maximum absolute atomic E-state index is 12.2. The molecule has 31 heavy (non-hydrogen) atoms. The van der Waals surface area contributed by atoms with Crippen LogP contribution in [0.1, 0.15) is 11.5 Å². The number of aryl methyl sites for hydroxylation is 1. The van der Waals surface area contributed by atoms with Gasteiger partial charge in [0.2, 0.25) is 15.8 Å². The maximum atomic E-state index is 12.2. The topological polar surface area (TPSA) is 130 Å². The van der Waals surface area contributed by atoms with Gasteiger partial charge in [0.1, 0.15) is 18.0 Å². The van der Waals surface area contributed by atoms with Crippen molar-refractivity contribution in [2.24, 2.45) is 0 Å². The van der Waals surface area contributed by atoms with Crippen LogP contribution in [0.5, 0.6) is 11.5 Å². The van der Waals surface area contributed by atoms with Gasteiger partial charge in [-0.2, -0.15) is 9.71 Å². The van der Waals surface area contributed by atoms with Gasteiger partial charge in [0, 0.05) is 6.07 Å². The van der Waals surface area contributed by atoms with Crippen LogP contribution in [0.2, 0.25) is 0 Å². The number of benzene rings is 2. The van der Waals surface area contributed by atoms with Crippen LogP contribution in [0.3, 0.4) is 0 Å². The minimum absolute atomic E-state index is 0.0441. The summed E-state index contributed by atoms with van der Waals surface area (Å²) < 4.78 is 47.2. The molecule has 2 aromatic carbocycles. The Hall–Kier alpha value is -3.44. The fourth-order valence-corrected chi connectivity index (χ4v) is 3.52. The lowest BCUT2D eigenvalue weighted by atomic mass is 10.2. The van der Waals surface area contributed by atoms with Gasteiger partial charge in [-0.1, -0.05) is 22.9 Å². The molecule has 11 heteroatoms. The van der Waals surface area contributed by atoms with E-state index < -0.39 is 22.5 Å². The molecule has 0 atom stereocenters. The number of rotatable bonds is 9. The van der Waals surface area contributed by atoms with Crippen LogP contribution in [-0.4, -0.2) is 45.3 Å². The molecular formula is C20H21N3O7S. The first kappa shape index (κ1) is 22.2. The fourth-order valence-electron chi connectivity index (χ4n) is 2.55. The van der Waals surface area contributed by atoms with E-state index in [4.69, 9.17) is 18.7 Å². The summed E-state index contributed by atoms with van der Waals surface area (Å²) in [6.07, 6.45) is 0. The molecule has 0 bridgehead atoms. The van der Waals surface area contributed by atoms with Crippen LogP contribution in [0.15, 0.2) is 51.9 Å². The van der Waals surface area contributed by atoms with E-state index in [-0.39, 0.29) is 23.2 Å². The standard InChI is InChI=1S/C20H21N3O7S/c1-13-4-7-15(8-5-13)31(25,26)21-11-19(24)29-12-18-22-20(23-30-18)16-9-6-14(27-2)10-17(16)28-3/h4-10,21H,11-12H2,1-3H3. The molecule has 164 valence electrons. The summed E-state index contributed by atoms with van der Waals surface area (Å²) in [5.74, 6) is 0.575. The Balaban J connectivity index is 1.57. The highest BCUT2D eigenvalue weighted by Crippen LogP contribution is 2.31. The van der Waals surface area contributed by atoms with Crippen LogP contribution in [0, 0.1) is 6.92 Å². The van der Waals surface area contributed by atoms with Gasteiger partial charge in [-0.05, 0) is 31.2 Å². The Labute approximate surface area is 179 Å². The van der Waals surface area contributed by atoms with Crippen molar-refractivity contribution in [1.82, 2.24) is 14.9 Å². The van der Waals surface area contributed by atoms with Gasteiger partial charge in [0.15, 0.2) is 6.61 Å². The highest BCUT2D eigenvalue weighted by molar-refractivity contribution is 7.89. The molecule has 3 rings (SSSR count). The van der Waals surface area contributed by atoms with E-state index in [9.17, 15) is 13.2 Å². The van der Waals surface area contributed by atoms with Crippen LogP contribution >= 0.6 is 0 Å². The van der Waals surface area contributed by atoms with Crippen molar-refractivity contribution in [3.05, 3.63) is 53.9 Å². The summed E-state index contributed by atoms with van der Waals surface area (Å²) in [5, 5.41) is 3.85. The molecule has 0 saturated carbocycles. The van der Waals surface area contributed by atoms with Crippen LogP contribution < -0.4 is 14.2 Å². The Morgan fingerprint density at radius 1 is 1.10 bits per heavy atom. The normalized spacial score (nSPS) is 11.2. The van der Waals surface area contributed by atoms with Crippen LogP contribution in [0.4, 0.5) is 0 Å². The number of aromatic nitrogens is 2. The second-order valence-corrected chi connectivity index (χ2v) is 8.14. The van der Waals surface area contributed by atoms with Gasteiger partial charge in [-0.15, -0.1) is 0 Å². The molecular weight excluding hydrogens is 426 g/mol. The molecule has 0 spiro atoms. The van der Waals surface area contributed by atoms with E-state index in [1.165, 1.54) is 26.4 Å². The number of esters is 1. The second-order valence-electron chi connectivity index (χ2n) is 6.38. The maximum Gasteiger partial charge on any atom is 0.321 e. The summed E-state index contributed by atoms with van der Waals surface area (Å²) in [6, 6.07) is 11.3. The van der Waals surface area contributed by atoms with E-state index in [1.807, 2.05) is 6.92 Å². The Kier molecular flexibility index (Phi) is 6.88. The molecule has 0 unspecified atom stereocenters. The molecule has 10 nitrogen and oxygen atoms in total. The van der Waals surface area contributed by atoms with Crippen molar-refractivity contribution in [3.8, 4) is 22.9 Å². The van der Waals surface area contributed by atoms with Gasteiger partial charge in [0.25, 0.3) is 5.89 Å². The van der Waals surface area contributed by atoms with E-state index in [2.05, 4.69) is 14.9 Å². The van der Waals surface area contributed by atoms with Crippen molar-refractivity contribution >= 4 is 16.0 Å². The number of methoxy groups -OCH3 is 2. The van der Waals surface area contributed by atoms with Gasteiger partial charge in [-0.3, -0.25) is 4.79 Å². The third-order valence-electron chi connectivity index (χ3n) is 4.21. The molecule has 1 aromatic heterocycles. The summed E-state index contributed by atoms with van der Waals surface area (Å²) >= 11 is 0. The smallest absolute Gasteiger partial charge is 0.321 e. The highest BCUT2D eigenvalue weighted by Gasteiger charge is 2.18. The van der Waals surface area contributed by atoms with E-state index in [1.54, 1.807) is 30.3 Å². The van der Waals surface area contributed by atoms with Crippen molar-refractivity contribution in [3.63, 3.8) is 0 Å². The van der Waals surface area contributed by atoms with Crippen molar-refractivity contribution < 1.29 is 31.9 Å². The molecule has 1 heterocycles. The third kappa shape index (κ3) is 5.58. The molecule has 0 aliphatic carbocycles. The number of carbonyl (C=O) groups is 1. The number of nitrogens with zero attached hydrogens (tertiary/aromatic N) is 2. The number of ether oxygens (including phenoxy) is 3. The SMILES string of the molecule is COc1ccc(-c2noc(COC(=O)CNS(=O)(=O)c3ccc(C)cc3)n2)c(OC)c1. The lowest BCUT2D eigenvalue weighted by Crippen LogP contribution is -2.30. The zero-order valence-electron chi connectivity index (χ0n) is 17.1. The summed E-state index contributed by atoms with van der Waals surface area (Å²) in [7, 11) is -0.790. The molecule has 0 fully saturated rings. The van der Waals surface area contributed by atoms with E-state index in [0.717, 1.165) is 5.56 Å². The van der Waals surface area contributed by atoms with E-state index >= 15 is 0 Å². The fraction of sp³-hybridized carbons (Fsp3) is 0.250. The molecule has 0 amide bonds. The second kappa shape index (κ2) is 9.58. The molecule has 0 aliphatic heterocycles. The van der Waals surface area contributed by atoms with Gasteiger partial charge in [-0.25, -0.2) is 8.42 Å². The van der Waals surface area contributed by atoms with Crippen molar-refractivity contribution in [2.75, 3.05) is 20.8 Å². The largest absolute Gasteiger partial charge is 0.497 e. The van der Waals surface area contributed by atoms with Crippen LogP contribution in [0.25, 0.3) is 11.4 Å². The molecule has 0 radical (unpaired) electrons. The lowest BCUT2D eigenvalue weighted by molar-refractivity contribution is -0.144. The Bertz CT molecular complexity index is 1160. The predicted octanol–water partition coefficient (Wildman–Crippen LogP) is 2.08. The third-order valence-corrected chi connectivity index (χ3v) is 5.63. The van der Waals surface area contributed by atoms with Gasteiger partial charge >= 0.3 is 5.97 Å². The van der Waals surface area contributed by atoms with E-state index in [0.29, 0.717) is 17.1 Å².